The molecule has 120 valence electrons. The Labute approximate surface area is 127 Å². The minimum Gasteiger partial charge on any atom is -0.480 e. The molecule has 7 nitrogen and oxygen atoms in total. The predicted octanol–water partition coefficient (Wildman–Crippen LogP) is 0.907. The fourth-order valence-corrected chi connectivity index (χ4v) is 2.32. The van der Waals surface area contributed by atoms with E-state index in [-0.39, 0.29) is 32.7 Å². The Hall–Kier alpha value is -2.12. The molecule has 0 saturated carbocycles. The van der Waals surface area contributed by atoms with Gasteiger partial charge in [0.25, 0.3) is 0 Å². The zero-order valence-electron chi connectivity index (χ0n) is 12.0. The van der Waals surface area contributed by atoms with Crippen molar-refractivity contribution in [2.24, 2.45) is 0 Å². The van der Waals surface area contributed by atoms with Crippen LogP contribution in [0.3, 0.4) is 0 Å². The summed E-state index contributed by atoms with van der Waals surface area (Å²) in [6.07, 6.45) is -0.595. The van der Waals surface area contributed by atoms with Gasteiger partial charge in [0, 0.05) is 26.1 Å². The van der Waals surface area contributed by atoms with Crippen molar-refractivity contribution >= 4 is 12.1 Å². The summed E-state index contributed by atoms with van der Waals surface area (Å²) >= 11 is 0. The van der Waals surface area contributed by atoms with Crippen LogP contribution in [0.25, 0.3) is 0 Å². The fourth-order valence-electron chi connectivity index (χ4n) is 2.32. The standard InChI is InChI=1S/C15H19NO6/c17-13(18)12(15(20)6-8-21-9-7-15)16-14(19)22-10-11-4-2-1-3-5-11/h1-5,12,20H,6-10H2,(H,16,19)(H,17,18)/t12-/m0/s1. The lowest BCUT2D eigenvalue weighted by molar-refractivity contribution is -0.153. The van der Waals surface area contributed by atoms with E-state index in [1.165, 1.54) is 0 Å². The number of ether oxygens (including phenoxy) is 2. The first-order valence-corrected chi connectivity index (χ1v) is 7.01. The highest BCUT2D eigenvalue weighted by molar-refractivity contribution is 5.81. The molecule has 1 heterocycles. The van der Waals surface area contributed by atoms with Crippen LogP contribution in [-0.4, -0.2) is 47.1 Å². The number of hydrogen-bond donors (Lipinski definition) is 3. The molecule has 1 saturated heterocycles. The summed E-state index contributed by atoms with van der Waals surface area (Å²) in [5.41, 5.74) is -0.746. The maximum absolute atomic E-state index is 11.8. The lowest BCUT2D eigenvalue weighted by Gasteiger charge is -2.36. The second-order valence-corrected chi connectivity index (χ2v) is 5.19. The number of aliphatic hydroxyl groups is 1. The van der Waals surface area contributed by atoms with Gasteiger partial charge in [-0.2, -0.15) is 0 Å². The Morgan fingerprint density at radius 2 is 1.91 bits per heavy atom. The minimum absolute atomic E-state index is 0.0283. The number of carboxylic acid groups (broad SMARTS) is 1. The summed E-state index contributed by atoms with van der Waals surface area (Å²) in [6.45, 7) is 0.530. The fraction of sp³-hybridized carbons (Fsp3) is 0.467. The first-order valence-electron chi connectivity index (χ1n) is 7.01. The number of aliphatic carboxylic acids is 1. The molecule has 1 atom stereocenters. The van der Waals surface area contributed by atoms with Crippen LogP contribution in [0, 0.1) is 0 Å². The third-order valence-corrected chi connectivity index (χ3v) is 3.62. The lowest BCUT2D eigenvalue weighted by Crippen LogP contribution is -2.59. The number of amides is 1. The molecule has 0 radical (unpaired) electrons. The van der Waals surface area contributed by atoms with Gasteiger partial charge in [0.1, 0.15) is 12.2 Å². The molecule has 0 bridgehead atoms. The molecular weight excluding hydrogens is 290 g/mol. The monoisotopic (exact) mass is 309 g/mol. The lowest BCUT2D eigenvalue weighted by atomic mass is 9.86. The van der Waals surface area contributed by atoms with Crippen molar-refractivity contribution in [1.29, 1.82) is 0 Å². The van der Waals surface area contributed by atoms with Gasteiger partial charge in [-0.1, -0.05) is 30.3 Å². The number of carboxylic acids is 1. The molecule has 3 N–H and O–H groups in total. The highest BCUT2D eigenvalue weighted by Crippen LogP contribution is 2.24. The zero-order valence-corrected chi connectivity index (χ0v) is 12.0. The number of nitrogens with one attached hydrogen (secondary N) is 1. The molecule has 1 amide bonds. The summed E-state index contributed by atoms with van der Waals surface area (Å²) in [6, 6.07) is 7.59. The number of rotatable bonds is 5. The van der Waals surface area contributed by atoms with Crippen molar-refractivity contribution in [2.45, 2.75) is 31.1 Å². The first-order chi connectivity index (χ1) is 10.5. The van der Waals surface area contributed by atoms with Gasteiger partial charge in [-0.3, -0.25) is 0 Å². The Kier molecular flexibility index (Phi) is 5.35. The average Bonchev–Trinajstić information content (AvgIpc) is 2.52. The summed E-state index contributed by atoms with van der Waals surface area (Å²) < 4.78 is 10.1. The Balaban J connectivity index is 1.93. The van der Waals surface area contributed by atoms with Gasteiger partial charge in [-0.05, 0) is 5.56 Å². The van der Waals surface area contributed by atoms with Crippen LogP contribution in [-0.2, 0) is 20.9 Å². The summed E-state index contributed by atoms with van der Waals surface area (Å²) in [7, 11) is 0. The van der Waals surface area contributed by atoms with Gasteiger partial charge < -0.3 is 25.0 Å². The molecule has 2 rings (SSSR count). The smallest absolute Gasteiger partial charge is 0.408 e. The number of alkyl carbamates (subject to hydrolysis) is 1. The number of carbonyl (C=O) groups is 2. The van der Waals surface area contributed by atoms with Crippen LogP contribution in [0.2, 0.25) is 0 Å². The highest BCUT2D eigenvalue weighted by Gasteiger charge is 2.44. The molecule has 1 aromatic carbocycles. The molecule has 1 aliphatic heterocycles. The molecule has 1 aromatic rings. The van der Waals surface area contributed by atoms with E-state index in [1.807, 2.05) is 6.07 Å². The van der Waals surface area contributed by atoms with Gasteiger partial charge in [0.2, 0.25) is 0 Å². The summed E-state index contributed by atoms with van der Waals surface area (Å²) in [5, 5.41) is 21.9. The number of carbonyl (C=O) groups excluding carboxylic acids is 1. The maximum atomic E-state index is 11.8. The second kappa shape index (κ2) is 7.24. The molecule has 0 aliphatic carbocycles. The van der Waals surface area contributed by atoms with E-state index in [0.717, 1.165) is 5.56 Å². The van der Waals surface area contributed by atoms with E-state index in [0.29, 0.717) is 0 Å². The van der Waals surface area contributed by atoms with Gasteiger partial charge in [0.15, 0.2) is 6.04 Å². The molecule has 7 heteroatoms. The van der Waals surface area contributed by atoms with E-state index in [2.05, 4.69) is 5.32 Å². The Bertz CT molecular complexity index is 512. The summed E-state index contributed by atoms with van der Waals surface area (Å²) in [4.78, 5) is 23.1. The molecule has 0 unspecified atom stereocenters. The zero-order chi connectivity index (χ0) is 16.0. The van der Waals surface area contributed by atoms with Crippen LogP contribution >= 0.6 is 0 Å². The SMILES string of the molecule is O=C(N[C@@H](C(=O)O)C1(O)CCOCC1)OCc1ccccc1. The molecule has 0 spiro atoms. The molecule has 1 fully saturated rings. The number of benzene rings is 1. The molecule has 0 aromatic heterocycles. The quantitative estimate of drug-likeness (QED) is 0.746. The van der Waals surface area contributed by atoms with Crippen LogP contribution < -0.4 is 5.32 Å². The van der Waals surface area contributed by atoms with Crippen LogP contribution in [0.4, 0.5) is 4.79 Å². The second-order valence-electron chi connectivity index (χ2n) is 5.19. The van der Waals surface area contributed by atoms with Crippen LogP contribution in [0.1, 0.15) is 18.4 Å². The predicted molar refractivity (Wildman–Crippen MR) is 76.2 cm³/mol. The average molecular weight is 309 g/mol. The highest BCUT2D eigenvalue weighted by atomic mass is 16.5. The van der Waals surface area contributed by atoms with E-state index in [9.17, 15) is 19.8 Å². The van der Waals surface area contributed by atoms with E-state index in [4.69, 9.17) is 9.47 Å². The van der Waals surface area contributed by atoms with Gasteiger partial charge in [-0.15, -0.1) is 0 Å². The topological polar surface area (TPSA) is 105 Å². The largest absolute Gasteiger partial charge is 0.480 e. The van der Waals surface area contributed by atoms with Crippen molar-refractivity contribution in [2.75, 3.05) is 13.2 Å². The van der Waals surface area contributed by atoms with Crippen molar-refractivity contribution in [3.05, 3.63) is 35.9 Å². The van der Waals surface area contributed by atoms with Gasteiger partial charge in [0.05, 0.1) is 0 Å². The van der Waals surface area contributed by atoms with E-state index >= 15 is 0 Å². The van der Waals surface area contributed by atoms with Crippen molar-refractivity contribution in [1.82, 2.24) is 5.32 Å². The van der Waals surface area contributed by atoms with Crippen LogP contribution in [0.5, 0.6) is 0 Å². The van der Waals surface area contributed by atoms with Gasteiger partial charge >= 0.3 is 12.1 Å². The summed E-state index contributed by atoms with van der Waals surface area (Å²) in [5.74, 6) is -1.30. The third kappa shape index (κ3) is 4.19. The van der Waals surface area contributed by atoms with Crippen LogP contribution in [0.15, 0.2) is 30.3 Å². The van der Waals surface area contributed by atoms with Crippen molar-refractivity contribution in [3.8, 4) is 0 Å². The number of hydrogen-bond acceptors (Lipinski definition) is 5. The Morgan fingerprint density at radius 3 is 2.50 bits per heavy atom. The molecule has 22 heavy (non-hydrogen) atoms. The molecular formula is C15H19NO6. The third-order valence-electron chi connectivity index (χ3n) is 3.62. The maximum Gasteiger partial charge on any atom is 0.408 e. The Morgan fingerprint density at radius 1 is 1.27 bits per heavy atom. The first kappa shape index (κ1) is 16.3. The van der Waals surface area contributed by atoms with E-state index in [1.54, 1.807) is 24.3 Å². The van der Waals surface area contributed by atoms with Gasteiger partial charge in [-0.25, -0.2) is 9.59 Å². The molecule has 1 aliphatic rings. The van der Waals surface area contributed by atoms with Crippen molar-refractivity contribution in [3.63, 3.8) is 0 Å². The van der Waals surface area contributed by atoms with E-state index < -0.39 is 23.7 Å². The van der Waals surface area contributed by atoms with Crippen molar-refractivity contribution < 1.29 is 29.3 Å². The minimum atomic E-state index is -1.53. The normalized spacial score (nSPS) is 18.2.